The lowest BCUT2D eigenvalue weighted by Gasteiger charge is -2.15. The van der Waals surface area contributed by atoms with E-state index in [4.69, 9.17) is 18.9 Å². The van der Waals surface area contributed by atoms with Gasteiger partial charge < -0.3 is 29.6 Å². The maximum atomic E-state index is 12.9. The molecule has 9 nitrogen and oxygen atoms in total. The number of carbonyl (C=O) groups is 3. The monoisotopic (exact) mass is 478 g/mol. The van der Waals surface area contributed by atoms with Crippen LogP contribution in [0.15, 0.2) is 66.7 Å². The summed E-state index contributed by atoms with van der Waals surface area (Å²) in [6.07, 6.45) is -0.814. The molecule has 2 amide bonds. The van der Waals surface area contributed by atoms with E-state index in [2.05, 4.69) is 10.6 Å². The summed E-state index contributed by atoms with van der Waals surface area (Å²) in [5.74, 6) is 0.294. The van der Waals surface area contributed by atoms with Crippen molar-refractivity contribution >= 4 is 23.7 Å². The van der Waals surface area contributed by atoms with Gasteiger partial charge in [0.1, 0.15) is 22.8 Å². The molecule has 0 radical (unpaired) electrons. The highest BCUT2D eigenvalue weighted by Crippen LogP contribution is 2.28. The maximum absolute atomic E-state index is 12.9. The third-order valence-electron chi connectivity index (χ3n) is 4.94. The second kappa shape index (κ2) is 12.1. The second-order valence-corrected chi connectivity index (χ2v) is 7.14. The minimum atomic E-state index is -0.814. The standard InChI is InChI=1S/C26H26N2O7/c1-4-34-26(31)35-19-14-12-17(13-15-19)24(29)28-20-9-6-5-8-18(20)16-27-25(30)23-21(32-2)10-7-11-22(23)33-3/h5-15H,4,16H2,1-3H3,(H,27,30)(H,28,29). The highest BCUT2D eigenvalue weighted by molar-refractivity contribution is 6.05. The van der Waals surface area contributed by atoms with Crippen LogP contribution in [0.5, 0.6) is 17.2 Å². The highest BCUT2D eigenvalue weighted by atomic mass is 16.7. The molecule has 0 saturated carbocycles. The predicted molar refractivity (Wildman–Crippen MR) is 129 cm³/mol. The first kappa shape index (κ1) is 25.1. The summed E-state index contributed by atoms with van der Waals surface area (Å²) in [5.41, 5.74) is 1.88. The molecule has 0 fully saturated rings. The molecule has 0 unspecified atom stereocenters. The number of ether oxygens (including phenoxy) is 4. The molecule has 0 aliphatic rings. The highest BCUT2D eigenvalue weighted by Gasteiger charge is 2.18. The maximum Gasteiger partial charge on any atom is 0.513 e. The van der Waals surface area contributed by atoms with Crippen molar-refractivity contribution in [1.29, 1.82) is 0 Å². The van der Waals surface area contributed by atoms with E-state index >= 15 is 0 Å². The van der Waals surface area contributed by atoms with Crippen LogP contribution in [0.1, 0.15) is 33.2 Å². The van der Waals surface area contributed by atoms with Gasteiger partial charge in [-0.05, 0) is 55.0 Å². The molecule has 0 bridgehead atoms. The Balaban J connectivity index is 1.68. The van der Waals surface area contributed by atoms with Crippen molar-refractivity contribution in [3.63, 3.8) is 0 Å². The number of methoxy groups -OCH3 is 2. The van der Waals surface area contributed by atoms with Crippen LogP contribution < -0.4 is 24.8 Å². The Morgan fingerprint density at radius 1 is 0.800 bits per heavy atom. The molecule has 0 heterocycles. The van der Waals surface area contributed by atoms with Crippen molar-refractivity contribution in [3.05, 3.63) is 83.4 Å². The molecular formula is C26H26N2O7. The number of benzene rings is 3. The summed E-state index contributed by atoms with van der Waals surface area (Å²) in [4.78, 5) is 37.1. The van der Waals surface area contributed by atoms with Crippen molar-refractivity contribution in [2.24, 2.45) is 0 Å². The zero-order valence-corrected chi connectivity index (χ0v) is 19.6. The Morgan fingerprint density at radius 2 is 1.46 bits per heavy atom. The summed E-state index contributed by atoms with van der Waals surface area (Å²) in [7, 11) is 2.96. The van der Waals surface area contributed by atoms with Gasteiger partial charge in [0, 0.05) is 17.8 Å². The molecule has 35 heavy (non-hydrogen) atoms. The molecule has 182 valence electrons. The topological polar surface area (TPSA) is 112 Å². The van der Waals surface area contributed by atoms with E-state index in [-0.39, 0.29) is 36.3 Å². The van der Waals surface area contributed by atoms with Crippen LogP contribution in [0.4, 0.5) is 10.5 Å². The smallest absolute Gasteiger partial charge is 0.496 e. The van der Waals surface area contributed by atoms with Gasteiger partial charge in [-0.2, -0.15) is 0 Å². The van der Waals surface area contributed by atoms with Gasteiger partial charge in [-0.1, -0.05) is 24.3 Å². The summed E-state index contributed by atoms with van der Waals surface area (Å²) in [5, 5.41) is 5.69. The largest absolute Gasteiger partial charge is 0.513 e. The average molecular weight is 479 g/mol. The van der Waals surface area contributed by atoms with Crippen molar-refractivity contribution in [1.82, 2.24) is 5.32 Å². The van der Waals surface area contributed by atoms with Gasteiger partial charge in [0.05, 0.1) is 20.8 Å². The molecule has 0 aliphatic heterocycles. The normalized spacial score (nSPS) is 10.1. The van der Waals surface area contributed by atoms with E-state index in [1.54, 1.807) is 43.3 Å². The van der Waals surface area contributed by atoms with E-state index in [1.165, 1.54) is 38.5 Å². The van der Waals surface area contributed by atoms with Crippen molar-refractivity contribution < 1.29 is 33.3 Å². The fraction of sp³-hybridized carbons (Fsp3) is 0.192. The number of para-hydroxylation sites is 1. The van der Waals surface area contributed by atoms with Crippen LogP contribution in [0.2, 0.25) is 0 Å². The van der Waals surface area contributed by atoms with Gasteiger partial charge in [-0.15, -0.1) is 0 Å². The fourth-order valence-corrected chi connectivity index (χ4v) is 3.25. The molecule has 3 rings (SSSR count). The summed E-state index contributed by atoms with van der Waals surface area (Å²) in [6.45, 7) is 2.03. The van der Waals surface area contributed by atoms with Gasteiger partial charge in [0.15, 0.2) is 0 Å². The minimum Gasteiger partial charge on any atom is -0.496 e. The van der Waals surface area contributed by atoms with E-state index in [9.17, 15) is 14.4 Å². The number of anilines is 1. The Hall–Kier alpha value is -4.53. The quantitative estimate of drug-likeness (QED) is 0.346. The van der Waals surface area contributed by atoms with Crippen LogP contribution >= 0.6 is 0 Å². The number of amides is 2. The molecule has 0 aliphatic carbocycles. The van der Waals surface area contributed by atoms with Gasteiger partial charge >= 0.3 is 6.16 Å². The number of carbonyl (C=O) groups excluding carboxylic acids is 3. The molecule has 0 spiro atoms. The van der Waals surface area contributed by atoms with E-state index in [0.717, 1.165) is 0 Å². The summed E-state index contributed by atoms with van der Waals surface area (Å²) in [6, 6.07) is 18.3. The lowest BCUT2D eigenvalue weighted by Crippen LogP contribution is -2.25. The lowest BCUT2D eigenvalue weighted by atomic mass is 10.1. The fourth-order valence-electron chi connectivity index (χ4n) is 3.25. The molecule has 3 aromatic rings. The molecule has 0 saturated heterocycles. The molecule has 9 heteroatoms. The third-order valence-corrected chi connectivity index (χ3v) is 4.94. The SMILES string of the molecule is CCOC(=O)Oc1ccc(C(=O)Nc2ccccc2CNC(=O)c2c(OC)cccc2OC)cc1. The Kier molecular flexibility index (Phi) is 8.66. The third kappa shape index (κ3) is 6.50. The van der Waals surface area contributed by atoms with Crippen molar-refractivity contribution in [2.75, 3.05) is 26.1 Å². The first-order valence-corrected chi connectivity index (χ1v) is 10.8. The van der Waals surface area contributed by atoms with E-state index in [0.29, 0.717) is 28.3 Å². The van der Waals surface area contributed by atoms with Crippen LogP contribution in [-0.4, -0.2) is 38.8 Å². The van der Waals surface area contributed by atoms with Crippen LogP contribution in [0.25, 0.3) is 0 Å². The van der Waals surface area contributed by atoms with Crippen LogP contribution in [0.3, 0.4) is 0 Å². The first-order chi connectivity index (χ1) is 17.0. The minimum absolute atomic E-state index is 0.156. The van der Waals surface area contributed by atoms with E-state index < -0.39 is 6.16 Å². The van der Waals surface area contributed by atoms with Gasteiger partial charge in [-0.3, -0.25) is 9.59 Å². The Bertz CT molecular complexity index is 1170. The Labute approximate surface area is 203 Å². The molecular weight excluding hydrogens is 452 g/mol. The number of rotatable bonds is 9. The molecule has 3 aromatic carbocycles. The molecule has 0 aromatic heterocycles. The molecule has 0 atom stereocenters. The zero-order chi connectivity index (χ0) is 25.2. The zero-order valence-electron chi connectivity index (χ0n) is 19.6. The first-order valence-electron chi connectivity index (χ1n) is 10.8. The summed E-state index contributed by atoms with van der Waals surface area (Å²) >= 11 is 0. The van der Waals surface area contributed by atoms with Gasteiger partial charge in [-0.25, -0.2) is 4.79 Å². The summed E-state index contributed by atoms with van der Waals surface area (Å²) < 4.78 is 20.3. The Morgan fingerprint density at radius 3 is 2.09 bits per heavy atom. The van der Waals surface area contributed by atoms with Gasteiger partial charge in [0.25, 0.3) is 11.8 Å². The predicted octanol–water partition coefficient (Wildman–Crippen LogP) is 4.42. The van der Waals surface area contributed by atoms with Crippen molar-refractivity contribution in [2.45, 2.75) is 13.5 Å². The lowest BCUT2D eigenvalue weighted by molar-refractivity contribution is 0.0943. The van der Waals surface area contributed by atoms with Gasteiger partial charge in [0.2, 0.25) is 0 Å². The van der Waals surface area contributed by atoms with Crippen LogP contribution in [-0.2, 0) is 11.3 Å². The number of hydrogen-bond donors (Lipinski definition) is 2. The van der Waals surface area contributed by atoms with Crippen LogP contribution in [0, 0.1) is 0 Å². The number of hydrogen-bond acceptors (Lipinski definition) is 7. The van der Waals surface area contributed by atoms with Crippen molar-refractivity contribution in [3.8, 4) is 17.2 Å². The average Bonchev–Trinajstić information content (AvgIpc) is 2.87. The van der Waals surface area contributed by atoms with E-state index in [1.807, 2.05) is 6.07 Å². The second-order valence-electron chi connectivity index (χ2n) is 7.14. The number of nitrogens with one attached hydrogen (secondary N) is 2. The molecule has 2 N–H and O–H groups in total.